The molecule has 0 fully saturated rings. The maximum absolute atomic E-state index is 12.9. The molecule has 4 nitrogen and oxygen atoms in total. The quantitative estimate of drug-likeness (QED) is 0.586. The summed E-state index contributed by atoms with van der Waals surface area (Å²) < 4.78 is 38.8. The summed E-state index contributed by atoms with van der Waals surface area (Å²) in [6.45, 7) is -0.649. The molecule has 0 N–H and O–H groups in total. The van der Waals surface area contributed by atoms with Gasteiger partial charge in [-0.25, -0.2) is 0 Å². The fraction of sp³-hybridized carbons (Fsp3) is 0.167. The van der Waals surface area contributed by atoms with Gasteiger partial charge in [0.25, 0.3) is 11.8 Å². The van der Waals surface area contributed by atoms with Crippen molar-refractivity contribution in [3.05, 3.63) is 71.3 Å². The van der Waals surface area contributed by atoms with Crippen LogP contribution in [0.25, 0.3) is 0 Å². The first-order valence-electron chi connectivity index (χ1n) is 7.57. The highest BCUT2D eigenvalue weighted by atomic mass is 32.2. The summed E-state index contributed by atoms with van der Waals surface area (Å²) in [4.78, 5) is 38.0. The van der Waals surface area contributed by atoms with Crippen molar-refractivity contribution in [3.8, 4) is 0 Å². The van der Waals surface area contributed by atoms with Crippen LogP contribution in [0, 0.1) is 0 Å². The van der Waals surface area contributed by atoms with Gasteiger partial charge in [0.15, 0.2) is 5.78 Å². The monoisotopic (exact) mass is 379 g/mol. The van der Waals surface area contributed by atoms with Gasteiger partial charge in [0, 0.05) is 12.1 Å². The predicted molar refractivity (Wildman–Crippen MR) is 90.0 cm³/mol. The normalized spacial score (nSPS) is 15.1. The number of halogens is 3. The topological polar surface area (TPSA) is 54.5 Å². The maximum atomic E-state index is 12.9. The Kier molecular flexibility index (Phi) is 4.86. The number of alkyl halides is 3. The van der Waals surface area contributed by atoms with Crippen molar-refractivity contribution in [2.45, 2.75) is 10.8 Å². The summed E-state index contributed by atoms with van der Waals surface area (Å²) in [6, 6.07) is 13.5. The van der Waals surface area contributed by atoms with Crippen LogP contribution in [0.1, 0.15) is 31.1 Å². The van der Waals surface area contributed by atoms with E-state index in [4.69, 9.17) is 0 Å². The average Bonchev–Trinajstić information content (AvgIpc) is 2.85. The molecule has 26 heavy (non-hydrogen) atoms. The number of thioether (sulfide) groups is 1. The van der Waals surface area contributed by atoms with E-state index in [1.807, 2.05) is 0 Å². The number of Topliss-reactive ketones (excluding diaryl/α,β-unsaturated/α-hetero) is 1. The molecule has 0 aliphatic carbocycles. The van der Waals surface area contributed by atoms with E-state index >= 15 is 0 Å². The Morgan fingerprint density at radius 2 is 1.42 bits per heavy atom. The lowest BCUT2D eigenvalue weighted by atomic mass is 10.1. The zero-order chi connectivity index (χ0) is 18.9. The minimum absolute atomic E-state index is 0.0888. The average molecular weight is 379 g/mol. The van der Waals surface area contributed by atoms with Gasteiger partial charge < -0.3 is 0 Å². The van der Waals surface area contributed by atoms with Crippen molar-refractivity contribution in [2.75, 3.05) is 6.54 Å². The van der Waals surface area contributed by atoms with Gasteiger partial charge >= 0.3 is 5.51 Å². The highest BCUT2D eigenvalue weighted by Gasteiger charge is 2.42. The standard InChI is InChI=1S/C18H12F3NO3S/c19-18(20,21)26-14(15(23)11-6-2-1-3-7-11)10-22-16(24)12-8-4-5-9-13(12)17(22)25/h1-9,14H,10H2. The molecular weight excluding hydrogens is 367 g/mol. The van der Waals surface area contributed by atoms with Crippen LogP contribution in [-0.4, -0.2) is 39.8 Å². The number of hydrogen-bond donors (Lipinski definition) is 0. The third-order valence-corrected chi connectivity index (χ3v) is 4.77. The van der Waals surface area contributed by atoms with Gasteiger partial charge in [0.2, 0.25) is 0 Å². The summed E-state index contributed by atoms with van der Waals surface area (Å²) in [5.74, 6) is -2.18. The van der Waals surface area contributed by atoms with Crippen molar-refractivity contribution in [1.29, 1.82) is 0 Å². The molecule has 0 saturated carbocycles. The van der Waals surface area contributed by atoms with Gasteiger partial charge in [-0.1, -0.05) is 42.5 Å². The molecule has 1 heterocycles. The Morgan fingerprint density at radius 1 is 0.923 bits per heavy atom. The Balaban J connectivity index is 1.88. The summed E-state index contributed by atoms with van der Waals surface area (Å²) in [6.07, 6.45) is 0. The van der Waals surface area contributed by atoms with Crippen molar-refractivity contribution >= 4 is 29.4 Å². The van der Waals surface area contributed by atoms with Gasteiger partial charge in [0.05, 0.1) is 16.4 Å². The van der Waals surface area contributed by atoms with Crippen LogP contribution < -0.4 is 0 Å². The van der Waals surface area contributed by atoms with Crippen LogP contribution in [0.4, 0.5) is 13.2 Å². The number of hydrogen-bond acceptors (Lipinski definition) is 4. The van der Waals surface area contributed by atoms with Crippen molar-refractivity contribution in [3.63, 3.8) is 0 Å². The molecule has 134 valence electrons. The smallest absolute Gasteiger partial charge is 0.293 e. The molecular formula is C18H12F3NO3S. The molecule has 1 aliphatic rings. The number of carbonyl (C=O) groups is 3. The SMILES string of the molecule is O=C(c1ccccc1)C(CN1C(=O)c2ccccc2C1=O)SC(F)(F)F. The molecule has 0 radical (unpaired) electrons. The largest absolute Gasteiger partial charge is 0.442 e. The minimum Gasteiger partial charge on any atom is -0.293 e. The third kappa shape index (κ3) is 3.65. The molecule has 1 aliphatic heterocycles. The first kappa shape index (κ1) is 18.2. The number of ketones is 1. The Bertz CT molecular complexity index is 832. The lowest BCUT2D eigenvalue weighted by Gasteiger charge is -2.22. The second kappa shape index (κ2) is 6.95. The van der Waals surface area contributed by atoms with Crippen LogP contribution in [0.3, 0.4) is 0 Å². The van der Waals surface area contributed by atoms with Crippen molar-refractivity contribution in [2.24, 2.45) is 0 Å². The lowest BCUT2D eigenvalue weighted by molar-refractivity contribution is -0.0335. The first-order valence-corrected chi connectivity index (χ1v) is 8.45. The number of imide groups is 1. The van der Waals surface area contributed by atoms with Crippen LogP contribution >= 0.6 is 11.8 Å². The van der Waals surface area contributed by atoms with E-state index in [-0.39, 0.29) is 16.7 Å². The third-order valence-electron chi connectivity index (χ3n) is 3.85. The van der Waals surface area contributed by atoms with Crippen LogP contribution in [0.5, 0.6) is 0 Å². The molecule has 1 unspecified atom stereocenters. The lowest BCUT2D eigenvalue weighted by Crippen LogP contribution is -2.40. The van der Waals surface area contributed by atoms with Crippen molar-refractivity contribution in [1.82, 2.24) is 4.90 Å². The summed E-state index contributed by atoms with van der Waals surface area (Å²) in [5, 5.41) is -1.64. The Labute approximate surface area is 151 Å². The Hall–Kier alpha value is -2.61. The zero-order valence-corrected chi connectivity index (χ0v) is 14.0. The van der Waals surface area contributed by atoms with E-state index in [1.54, 1.807) is 18.2 Å². The molecule has 0 aromatic heterocycles. The molecule has 8 heteroatoms. The van der Waals surface area contributed by atoms with E-state index in [2.05, 4.69) is 0 Å². The number of fused-ring (bicyclic) bond motifs is 1. The number of carbonyl (C=O) groups excluding carboxylic acids is 3. The number of benzene rings is 2. The number of amides is 2. The van der Waals surface area contributed by atoms with Crippen LogP contribution in [0.15, 0.2) is 54.6 Å². The fourth-order valence-corrected chi connectivity index (χ4v) is 3.48. The summed E-state index contributed by atoms with van der Waals surface area (Å²) in [7, 11) is 0. The van der Waals surface area contributed by atoms with E-state index < -0.39 is 46.7 Å². The molecule has 3 rings (SSSR count). The van der Waals surface area contributed by atoms with Crippen LogP contribution in [-0.2, 0) is 0 Å². The van der Waals surface area contributed by atoms with E-state index in [9.17, 15) is 27.6 Å². The van der Waals surface area contributed by atoms with Gasteiger partial charge in [-0.05, 0) is 23.9 Å². The zero-order valence-electron chi connectivity index (χ0n) is 13.2. The molecule has 2 amide bonds. The second-order valence-corrected chi connectivity index (χ2v) is 6.82. The van der Waals surface area contributed by atoms with Gasteiger partial charge in [-0.3, -0.25) is 19.3 Å². The minimum atomic E-state index is -4.69. The van der Waals surface area contributed by atoms with Gasteiger partial charge in [-0.15, -0.1) is 0 Å². The fourth-order valence-electron chi connectivity index (χ4n) is 2.69. The second-order valence-electron chi connectivity index (χ2n) is 5.55. The Morgan fingerprint density at radius 3 is 1.92 bits per heavy atom. The van der Waals surface area contributed by atoms with Crippen molar-refractivity contribution < 1.29 is 27.6 Å². The highest BCUT2D eigenvalue weighted by Crippen LogP contribution is 2.36. The van der Waals surface area contributed by atoms with E-state index in [1.165, 1.54) is 36.4 Å². The molecule has 2 aromatic rings. The van der Waals surface area contributed by atoms with E-state index in [0.29, 0.717) is 4.90 Å². The molecule has 0 spiro atoms. The first-order chi connectivity index (χ1) is 12.3. The summed E-state index contributed by atoms with van der Waals surface area (Å²) >= 11 is -0.521. The van der Waals surface area contributed by atoms with E-state index in [0.717, 1.165) is 0 Å². The molecule has 1 atom stereocenters. The van der Waals surface area contributed by atoms with Crippen LogP contribution in [0.2, 0.25) is 0 Å². The highest BCUT2D eigenvalue weighted by molar-refractivity contribution is 8.01. The molecule has 0 saturated heterocycles. The molecule has 2 aromatic carbocycles. The summed E-state index contributed by atoms with van der Waals surface area (Å²) in [5.41, 5.74) is -4.35. The van der Waals surface area contributed by atoms with Gasteiger partial charge in [0.1, 0.15) is 0 Å². The number of nitrogens with zero attached hydrogens (tertiary/aromatic N) is 1. The predicted octanol–water partition coefficient (Wildman–Crippen LogP) is 3.79. The maximum Gasteiger partial charge on any atom is 0.442 e. The molecule has 0 bridgehead atoms. The number of rotatable bonds is 5. The van der Waals surface area contributed by atoms with Gasteiger partial charge in [-0.2, -0.15) is 13.2 Å².